The summed E-state index contributed by atoms with van der Waals surface area (Å²) in [6, 6.07) is 11.9. The number of rotatable bonds is 4. The van der Waals surface area contributed by atoms with Crippen LogP contribution < -0.4 is 4.74 Å². The summed E-state index contributed by atoms with van der Waals surface area (Å²) >= 11 is 0. The second kappa shape index (κ2) is 7.28. The van der Waals surface area contributed by atoms with Gasteiger partial charge in [-0.05, 0) is 30.3 Å². The van der Waals surface area contributed by atoms with Gasteiger partial charge in [0.25, 0.3) is 0 Å². The summed E-state index contributed by atoms with van der Waals surface area (Å²) in [6.45, 7) is 0. The van der Waals surface area contributed by atoms with Gasteiger partial charge in [-0.15, -0.1) is 0 Å². The van der Waals surface area contributed by atoms with E-state index >= 15 is 0 Å². The fourth-order valence-electron chi connectivity index (χ4n) is 3.86. The smallest absolute Gasteiger partial charge is 0.137 e. The third-order valence-electron chi connectivity index (χ3n) is 5.43. The summed E-state index contributed by atoms with van der Waals surface area (Å²) in [5, 5.41) is 9.63. The molecule has 0 atom stereocenters. The van der Waals surface area contributed by atoms with Crippen LogP contribution in [0.2, 0.25) is 0 Å². The molecule has 0 fully saturated rings. The largest absolute Gasteiger partial charge is 0.495 e. The lowest BCUT2D eigenvalue weighted by atomic mass is 10.1. The van der Waals surface area contributed by atoms with Crippen LogP contribution in [0.25, 0.3) is 55.7 Å². The average molecular weight is 419 g/mol. The summed E-state index contributed by atoms with van der Waals surface area (Å²) in [4.78, 5) is 21.1. The number of hydrogen-bond acceptors (Lipinski definition) is 6. The molecule has 0 saturated heterocycles. The van der Waals surface area contributed by atoms with Crippen LogP contribution in [-0.4, -0.2) is 42.2 Å². The summed E-state index contributed by atoms with van der Waals surface area (Å²) in [5.41, 5.74) is 6.97. The van der Waals surface area contributed by atoms with Gasteiger partial charge in [0.15, 0.2) is 0 Å². The zero-order valence-electron chi connectivity index (χ0n) is 17.1. The van der Waals surface area contributed by atoms with Crippen molar-refractivity contribution in [1.82, 2.24) is 35.1 Å². The Bertz CT molecular complexity index is 1570. The highest BCUT2D eigenvalue weighted by atomic mass is 16.5. The van der Waals surface area contributed by atoms with Gasteiger partial charge in [-0.1, -0.05) is 6.07 Å². The predicted octanol–water partition coefficient (Wildman–Crippen LogP) is 4.63. The Labute approximate surface area is 182 Å². The summed E-state index contributed by atoms with van der Waals surface area (Å²) in [6.07, 6.45) is 10.7. The molecule has 0 bridgehead atoms. The number of H-pyrrole nitrogens is 2. The molecule has 154 valence electrons. The molecule has 0 aromatic carbocycles. The first kappa shape index (κ1) is 18.2. The van der Waals surface area contributed by atoms with Crippen molar-refractivity contribution in [3.8, 4) is 39.7 Å². The summed E-state index contributed by atoms with van der Waals surface area (Å²) in [5.74, 6) is 0.682. The molecule has 32 heavy (non-hydrogen) atoms. The van der Waals surface area contributed by atoms with E-state index in [1.54, 1.807) is 31.9 Å². The first-order valence-electron chi connectivity index (χ1n) is 10.0. The molecule has 0 radical (unpaired) electrons. The number of hydrogen-bond donors (Lipinski definition) is 2. The molecule has 0 unspecified atom stereocenters. The van der Waals surface area contributed by atoms with Crippen molar-refractivity contribution >= 4 is 21.8 Å². The van der Waals surface area contributed by atoms with E-state index in [1.807, 2.05) is 42.7 Å². The van der Waals surface area contributed by atoms with E-state index < -0.39 is 0 Å². The van der Waals surface area contributed by atoms with E-state index in [-0.39, 0.29) is 0 Å². The van der Waals surface area contributed by atoms with Crippen molar-refractivity contribution in [3.05, 3.63) is 73.6 Å². The highest BCUT2D eigenvalue weighted by molar-refractivity contribution is 6.00. The molecule has 0 aliphatic rings. The molecule has 0 amide bonds. The van der Waals surface area contributed by atoms with Crippen LogP contribution in [0, 0.1) is 0 Å². The number of methoxy groups -OCH3 is 1. The summed E-state index contributed by atoms with van der Waals surface area (Å²) < 4.78 is 5.30. The second-order valence-electron chi connectivity index (χ2n) is 7.35. The van der Waals surface area contributed by atoms with Crippen LogP contribution in [0.4, 0.5) is 0 Å². The third-order valence-corrected chi connectivity index (χ3v) is 5.43. The van der Waals surface area contributed by atoms with Crippen molar-refractivity contribution in [2.24, 2.45) is 0 Å². The van der Waals surface area contributed by atoms with Gasteiger partial charge in [-0.2, -0.15) is 5.10 Å². The third kappa shape index (κ3) is 2.97. The number of pyridine rings is 4. The van der Waals surface area contributed by atoms with Crippen molar-refractivity contribution in [2.75, 3.05) is 7.11 Å². The number of aromatic nitrogens is 7. The molecular weight excluding hydrogens is 402 g/mol. The molecule has 8 nitrogen and oxygen atoms in total. The molecule has 2 N–H and O–H groups in total. The molecule has 6 heterocycles. The van der Waals surface area contributed by atoms with Crippen LogP contribution in [0.5, 0.6) is 5.75 Å². The zero-order chi connectivity index (χ0) is 21.5. The first-order valence-corrected chi connectivity index (χ1v) is 10.0. The quantitative estimate of drug-likeness (QED) is 0.431. The molecule has 8 heteroatoms. The SMILES string of the molecule is COc1cncc(-c2cc3c(-c4cc5c(-c6ccccn6)cncc5[nH]4)n[nH]c3cn2)c1. The van der Waals surface area contributed by atoms with E-state index in [2.05, 4.69) is 41.2 Å². The second-order valence-corrected chi connectivity index (χ2v) is 7.35. The van der Waals surface area contributed by atoms with E-state index in [4.69, 9.17) is 4.74 Å². The number of ether oxygens (including phenoxy) is 1. The normalized spacial score (nSPS) is 11.3. The molecule has 6 aromatic rings. The Hall–Kier alpha value is -4.59. The standard InChI is InChI=1S/C24H17N7O/c1-32-15-6-14(9-25-10-15)20-8-17-23(13-28-20)30-31-24(17)21-7-16-18(11-26-12-22(16)29-21)19-4-2-3-5-27-19/h2-13,29H,1H3,(H,30,31). The first-order chi connectivity index (χ1) is 15.8. The summed E-state index contributed by atoms with van der Waals surface area (Å²) in [7, 11) is 1.62. The van der Waals surface area contributed by atoms with Gasteiger partial charge in [0, 0.05) is 40.5 Å². The minimum atomic E-state index is 0.682. The Kier molecular flexibility index (Phi) is 4.14. The van der Waals surface area contributed by atoms with E-state index in [1.165, 1.54) is 0 Å². The molecular formula is C24H17N7O. The Morgan fingerprint density at radius 3 is 2.62 bits per heavy atom. The van der Waals surface area contributed by atoms with Gasteiger partial charge < -0.3 is 9.72 Å². The molecule has 0 aliphatic heterocycles. The minimum Gasteiger partial charge on any atom is -0.495 e. The van der Waals surface area contributed by atoms with E-state index in [0.29, 0.717) is 5.75 Å². The highest BCUT2D eigenvalue weighted by Crippen LogP contribution is 2.33. The van der Waals surface area contributed by atoms with Gasteiger partial charge >= 0.3 is 0 Å². The van der Waals surface area contributed by atoms with Crippen molar-refractivity contribution < 1.29 is 4.74 Å². The van der Waals surface area contributed by atoms with Gasteiger partial charge in [0.1, 0.15) is 11.4 Å². The number of nitrogens with zero attached hydrogens (tertiary/aromatic N) is 5. The molecule has 0 aliphatic carbocycles. The number of fused-ring (bicyclic) bond motifs is 2. The zero-order valence-corrected chi connectivity index (χ0v) is 17.1. The minimum absolute atomic E-state index is 0.682. The van der Waals surface area contributed by atoms with E-state index in [9.17, 15) is 0 Å². The highest BCUT2D eigenvalue weighted by Gasteiger charge is 2.15. The van der Waals surface area contributed by atoms with Crippen LogP contribution in [0.15, 0.2) is 73.6 Å². The van der Waals surface area contributed by atoms with E-state index in [0.717, 1.165) is 55.7 Å². The lowest BCUT2D eigenvalue weighted by Gasteiger charge is -2.04. The fraction of sp³-hybridized carbons (Fsp3) is 0.0417. The number of aromatic amines is 2. The monoisotopic (exact) mass is 419 g/mol. The van der Waals surface area contributed by atoms with Crippen LogP contribution >= 0.6 is 0 Å². The molecule has 6 aromatic heterocycles. The molecule has 0 spiro atoms. The molecule has 6 rings (SSSR count). The van der Waals surface area contributed by atoms with Crippen LogP contribution in [-0.2, 0) is 0 Å². The van der Waals surface area contributed by atoms with Crippen molar-refractivity contribution in [3.63, 3.8) is 0 Å². The van der Waals surface area contributed by atoms with Crippen molar-refractivity contribution in [1.29, 1.82) is 0 Å². The van der Waals surface area contributed by atoms with Gasteiger partial charge in [-0.25, -0.2) is 0 Å². The van der Waals surface area contributed by atoms with Crippen LogP contribution in [0.1, 0.15) is 0 Å². The Morgan fingerprint density at radius 1 is 0.812 bits per heavy atom. The molecule has 0 saturated carbocycles. The lowest BCUT2D eigenvalue weighted by Crippen LogP contribution is -1.88. The lowest BCUT2D eigenvalue weighted by molar-refractivity contribution is 0.413. The maximum absolute atomic E-state index is 5.30. The van der Waals surface area contributed by atoms with Crippen LogP contribution in [0.3, 0.4) is 0 Å². The topological polar surface area (TPSA) is 105 Å². The Morgan fingerprint density at radius 2 is 1.75 bits per heavy atom. The Balaban J connectivity index is 1.50. The maximum Gasteiger partial charge on any atom is 0.137 e. The van der Waals surface area contributed by atoms with Crippen molar-refractivity contribution in [2.45, 2.75) is 0 Å². The van der Waals surface area contributed by atoms with Gasteiger partial charge in [0.2, 0.25) is 0 Å². The predicted molar refractivity (Wildman–Crippen MR) is 122 cm³/mol. The maximum atomic E-state index is 5.30. The fourth-order valence-corrected chi connectivity index (χ4v) is 3.86. The average Bonchev–Trinajstić information content (AvgIpc) is 3.48. The number of nitrogens with one attached hydrogen (secondary N) is 2. The van der Waals surface area contributed by atoms with Gasteiger partial charge in [-0.3, -0.25) is 25.0 Å². The van der Waals surface area contributed by atoms with Gasteiger partial charge in [0.05, 0.1) is 53.8 Å².